The summed E-state index contributed by atoms with van der Waals surface area (Å²) in [6.07, 6.45) is 10.2. The van der Waals surface area contributed by atoms with Crippen LogP contribution in [-0.4, -0.2) is 106 Å². The molecular weight excluding hydrogens is 698 g/mol. The first kappa shape index (κ1) is 51.2. The SMILES string of the molecule is CCCCCCCC(O)(CC(=O)N(CC(C)O)CC(C)OC(=O)CC(O)(CC(=O)OCCCCCC)C(=O)OCCCCCC)C(=O)OCCCCCC. The van der Waals surface area contributed by atoms with Crippen LogP contribution in [0.25, 0.3) is 0 Å². The van der Waals surface area contributed by atoms with Crippen molar-refractivity contribution in [3.8, 4) is 0 Å². The van der Waals surface area contributed by atoms with Crippen molar-refractivity contribution in [2.45, 2.75) is 200 Å². The van der Waals surface area contributed by atoms with E-state index in [1.165, 1.54) is 18.7 Å². The second kappa shape index (κ2) is 30.4. The molecule has 4 unspecified atom stereocenters. The molecule has 13 heteroatoms. The number of aliphatic hydroxyl groups is 3. The Kier molecular flexibility index (Phi) is 28.9. The molecule has 0 bridgehead atoms. The van der Waals surface area contributed by atoms with E-state index in [2.05, 4.69) is 20.8 Å². The van der Waals surface area contributed by atoms with Crippen molar-refractivity contribution in [1.82, 2.24) is 4.90 Å². The van der Waals surface area contributed by atoms with Crippen molar-refractivity contribution in [1.29, 1.82) is 0 Å². The lowest BCUT2D eigenvalue weighted by molar-refractivity contribution is -0.179. The monoisotopic (exact) mass is 774 g/mol. The normalized spacial score (nSPS) is 14.6. The number of amides is 1. The molecule has 0 aromatic heterocycles. The zero-order chi connectivity index (χ0) is 40.8. The Labute approximate surface area is 325 Å². The number of unbranched alkanes of at least 4 members (excludes halogenated alkanes) is 13. The van der Waals surface area contributed by atoms with Crippen LogP contribution in [0.5, 0.6) is 0 Å². The number of carbonyl (C=O) groups excluding carboxylic acids is 5. The van der Waals surface area contributed by atoms with Gasteiger partial charge >= 0.3 is 23.9 Å². The highest BCUT2D eigenvalue weighted by atomic mass is 16.6. The molecule has 0 spiro atoms. The van der Waals surface area contributed by atoms with Crippen molar-refractivity contribution in [3.05, 3.63) is 0 Å². The lowest BCUT2D eigenvalue weighted by Crippen LogP contribution is -2.49. The van der Waals surface area contributed by atoms with Gasteiger partial charge in [-0.1, -0.05) is 111 Å². The van der Waals surface area contributed by atoms with Gasteiger partial charge in [-0.2, -0.15) is 0 Å². The Morgan fingerprint density at radius 3 is 1.44 bits per heavy atom. The maximum Gasteiger partial charge on any atom is 0.339 e. The second-order valence-electron chi connectivity index (χ2n) is 14.9. The summed E-state index contributed by atoms with van der Waals surface area (Å²) in [5.41, 5.74) is -4.62. The first-order chi connectivity index (χ1) is 25.7. The van der Waals surface area contributed by atoms with E-state index in [1.807, 2.05) is 6.92 Å². The molecule has 0 saturated carbocycles. The van der Waals surface area contributed by atoms with Gasteiger partial charge in [0.05, 0.1) is 51.7 Å². The minimum atomic E-state index is -2.54. The molecule has 0 saturated heterocycles. The molecule has 316 valence electrons. The molecule has 3 N–H and O–H groups in total. The highest BCUT2D eigenvalue weighted by Gasteiger charge is 2.44. The zero-order valence-electron chi connectivity index (χ0n) is 34.5. The summed E-state index contributed by atoms with van der Waals surface area (Å²) >= 11 is 0. The maximum absolute atomic E-state index is 13.7. The molecule has 0 aromatic carbocycles. The van der Waals surface area contributed by atoms with Crippen molar-refractivity contribution in [2.24, 2.45) is 0 Å². The Morgan fingerprint density at radius 1 is 0.537 bits per heavy atom. The van der Waals surface area contributed by atoms with Crippen LogP contribution < -0.4 is 0 Å². The summed E-state index contributed by atoms with van der Waals surface area (Å²) in [5, 5.41) is 33.1. The lowest BCUT2D eigenvalue weighted by Gasteiger charge is -2.32. The summed E-state index contributed by atoms with van der Waals surface area (Å²) in [6.45, 7) is 11.0. The first-order valence-electron chi connectivity index (χ1n) is 20.8. The number of carbonyl (C=O) groups is 5. The van der Waals surface area contributed by atoms with Crippen molar-refractivity contribution in [3.63, 3.8) is 0 Å². The smallest absolute Gasteiger partial charge is 0.339 e. The minimum Gasteiger partial charge on any atom is -0.466 e. The van der Waals surface area contributed by atoms with Crippen LogP contribution in [0, 0.1) is 0 Å². The van der Waals surface area contributed by atoms with Crippen LogP contribution in [0.3, 0.4) is 0 Å². The molecular formula is C41H75NO12. The number of hydrogen-bond acceptors (Lipinski definition) is 12. The fraction of sp³-hybridized carbons (Fsp3) is 0.878. The minimum absolute atomic E-state index is 0.00651. The van der Waals surface area contributed by atoms with Gasteiger partial charge in [0.25, 0.3) is 0 Å². The van der Waals surface area contributed by atoms with E-state index in [-0.39, 0.29) is 39.3 Å². The molecule has 0 rings (SSSR count). The first-order valence-corrected chi connectivity index (χ1v) is 20.8. The van der Waals surface area contributed by atoms with E-state index in [9.17, 15) is 39.3 Å². The van der Waals surface area contributed by atoms with Crippen molar-refractivity contribution >= 4 is 29.8 Å². The number of hydrogen-bond donors (Lipinski definition) is 3. The maximum atomic E-state index is 13.7. The van der Waals surface area contributed by atoms with Crippen LogP contribution in [0.1, 0.15) is 176 Å². The zero-order valence-corrected chi connectivity index (χ0v) is 34.5. The third-order valence-corrected chi connectivity index (χ3v) is 9.14. The van der Waals surface area contributed by atoms with Gasteiger partial charge < -0.3 is 39.2 Å². The Balaban J connectivity index is 5.78. The summed E-state index contributed by atoms with van der Waals surface area (Å²) in [5.74, 6) is -4.53. The molecule has 0 aliphatic rings. The standard InChI is InChI=1S/C41H75NO12/c1-7-11-15-19-20-24-40(49,38(47)52-26-22-17-13-9-3)28-35(44)42(31-33(5)43)32-34(6)54-37(46)30-41(50,39(48)53-27-23-18-14-10-4)29-36(45)51-25-21-16-12-8-2/h33-34,43,49-50H,7-32H2,1-6H3. The molecule has 0 aliphatic heterocycles. The Morgan fingerprint density at radius 2 is 0.963 bits per heavy atom. The predicted octanol–water partition coefficient (Wildman–Crippen LogP) is 6.49. The fourth-order valence-electron chi connectivity index (χ4n) is 5.96. The second-order valence-corrected chi connectivity index (χ2v) is 14.9. The van der Waals surface area contributed by atoms with Crippen LogP contribution >= 0.6 is 0 Å². The summed E-state index contributed by atoms with van der Waals surface area (Å²) in [6, 6.07) is 0. The molecule has 54 heavy (non-hydrogen) atoms. The van der Waals surface area contributed by atoms with Crippen LogP contribution in [0.15, 0.2) is 0 Å². The highest BCUT2D eigenvalue weighted by molar-refractivity contribution is 5.90. The number of rotatable bonds is 34. The number of aliphatic hydroxyl groups excluding tert-OH is 1. The quantitative estimate of drug-likeness (QED) is 0.0367. The highest BCUT2D eigenvalue weighted by Crippen LogP contribution is 2.25. The summed E-state index contributed by atoms with van der Waals surface area (Å²) < 4.78 is 21.4. The van der Waals surface area contributed by atoms with Crippen LogP contribution in [0.4, 0.5) is 0 Å². The Hall–Kier alpha value is -2.77. The van der Waals surface area contributed by atoms with Crippen LogP contribution in [-0.2, 0) is 42.9 Å². The van der Waals surface area contributed by atoms with E-state index >= 15 is 0 Å². The lowest BCUT2D eigenvalue weighted by atomic mass is 9.91. The Bertz CT molecular complexity index is 1050. The van der Waals surface area contributed by atoms with Gasteiger partial charge in [-0.15, -0.1) is 0 Å². The van der Waals surface area contributed by atoms with Crippen LogP contribution in [0.2, 0.25) is 0 Å². The van der Waals surface area contributed by atoms with Gasteiger partial charge in [0.1, 0.15) is 6.10 Å². The molecule has 13 nitrogen and oxygen atoms in total. The van der Waals surface area contributed by atoms with Crippen molar-refractivity contribution < 1.29 is 58.2 Å². The topological polar surface area (TPSA) is 186 Å². The van der Waals surface area contributed by atoms with Gasteiger partial charge in [0, 0.05) is 6.54 Å². The summed E-state index contributed by atoms with van der Waals surface area (Å²) in [4.78, 5) is 66.9. The predicted molar refractivity (Wildman–Crippen MR) is 206 cm³/mol. The van der Waals surface area contributed by atoms with E-state index in [4.69, 9.17) is 18.9 Å². The van der Waals surface area contributed by atoms with E-state index in [1.54, 1.807) is 0 Å². The average molecular weight is 774 g/mol. The molecule has 0 heterocycles. The van der Waals surface area contributed by atoms with Gasteiger partial charge in [-0.3, -0.25) is 14.4 Å². The van der Waals surface area contributed by atoms with Gasteiger partial charge in [-0.05, 0) is 46.0 Å². The molecule has 4 atom stereocenters. The van der Waals surface area contributed by atoms with E-state index in [0.29, 0.717) is 25.7 Å². The molecule has 0 aromatic rings. The average Bonchev–Trinajstić information content (AvgIpc) is 3.10. The number of nitrogens with zero attached hydrogens (tertiary/aromatic N) is 1. The molecule has 0 aliphatic carbocycles. The largest absolute Gasteiger partial charge is 0.466 e. The van der Waals surface area contributed by atoms with Gasteiger partial charge in [-0.25, -0.2) is 9.59 Å². The van der Waals surface area contributed by atoms with Gasteiger partial charge in [0.15, 0.2) is 11.2 Å². The third-order valence-electron chi connectivity index (χ3n) is 9.14. The molecule has 1 amide bonds. The van der Waals surface area contributed by atoms with Crippen molar-refractivity contribution in [2.75, 3.05) is 32.9 Å². The molecule has 0 radical (unpaired) electrons. The molecule has 0 fully saturated rings. The van der Waals surface area contributed by atoms with Gasteiger partial charge in [0.2, 0.25) is 5.91 Å². The fourth-order valence-corrected chi connectivity index (χ4v) is 5.96. The summed E-state index contributed by atoms with van der Waals surface area (Å²) in [7, 11) is 0. The van der Waals surface area contributed by atoms with E-state index in [0.717, 1.165) is 83.5 Å². The number of esters is 4. The third kappa shape index (κ3) is 23.9. The van der Waals surface area contributed by atoms with E-state index < -0.39 is 72.5 Å². The number of ether oxygens (including phenoxy) is 4.